The number of aryl methyl sites for hydroxylation is 1. The summed E-state index contributed by atoms with van der Waals surface area (Å²) in [5.74, 6) is 0.916. The highest BCUT2D eigenvalue weighted by Gasteiger charge is 2.28. The minimum atomic E-state index is -0.371. The van der Waals surface area contributed by atoms with E-state index in [4.69, 9.17) is 4.74 Å². The van der Waals surface area contributed by atoms with Crippen molar-refractivity contribution >= 4 is 5.91 Å². The standard InChI is InChI=1S/C17H25NO3/c1-18(15-8-3-4-9-16(15)19)17(20)11-10-13-6-5-7-14(12-13)21-2/h5-7,12,15-16,19H,3-4,8-11H2,1-2H3. The van der Waals surface area contributed by atoms with Crippen LogP contribution in [0.5, 0.6) is 5.75 Å². The lowest BCUT2D eigenvalue weighted by Crippen LogP contribution is -2.46. The summed E-state index contributed by atoms with van der Waals surface area (Å²) in [5, 5.41) is 10.0. The fourth-order valence-electron chi connectivity index (χ4n) is 2.98. The van der Waals surface area contributed by atoms with Crippen LogP contribution in [0.15, 0.2) is 24.3 Å². The molecule has 0 heterocycles. The molecule has 116 valence electrons. The van der Waals surface area contributed by atoms with Crippen molar-refractivity contribution in [2.75, 3.05) is 14.2 Å². The van der Waals surface area contributed by atoms with Crippen molar-refractivity contribution < 1.29 is 14.6 Å². The van der Waals surface area contributed by atoms with E-state index < -0.39 is 0 Å². The highest BCUT2D eigenvalue weighted by Crippen LogP contribution is 2.23. The zero-order valence-corrected chi connectivity index (χ0v) is 12.9. The summed E-state index contributed by atoms with van der Waals surface area (Å²) in [7, 11) is 3.45. The third-order valence-corrected chi connectivity index (χ3v) is 4.35. The van der Waals surface area contributed by atoms with Crippen LogP contribution in [0.3, 0.4) is 0 Å². The SMILES string of the molecule is COc1cccc(CCC(=O)N(C)C2CCCCC2O)c1. The second-order valence-electron chi connectivity index (χ2n) is 5.78. The van der Waals surface area contributed by atoms with Crippen LogP contribution in [0.1, 0.15) is 37.7 Å². The van der Waals surface area contributed by atoms with Gasteiger partial charge in [0.25, 0.3) is 0 Å². The van der Waals surface area contributed by atoms with Gasteiger partial charge in [0.2, 0.25) is 5.91 Å². The van der Waals surface area contributed by atoms with Gasteiger partial charge in [0, 0.05) is 13.5 Å². The molecule has 1 aliphatic rings. The monoisotopic (exact) mass is 291 g/mol. The van der Waals surface area contributed by atoms with Gasteiger partial charge in [0.15, 0.2) is 0 Å². The van der Waals surface area contributed by atoms with Gasteiger partial charge in [-0.15, -0.1) is 0 Å². The van der Waals surface area contributed by atoms with E-state index in [9.17, 15) is 9.90 Å². The Labute approximate surface area is 126 Å². The van der Waals surface area contributed by atoms with Crippen molar-refractivity contribution in [3.8, 4) is 5.75 Å². The molecule has 0 bridgehead atoms. The van der Waals surface area contributed by atoms with Crippen LogP contribution >= 0.6 is 0 Å². The molecule has 1 aromatic rings. The molecule has 4 heteroatoms. The number of ether oxygens (including phenoxy) is 1. The topological polar surface area (TPSA) is 49.8 Å². The minimum absolute atomic E-state index is 0.0171. The fraction of sp³-hybridized carbons (Fsp3) is 0.588. The molecule has 0 radical (unpaired) electrons. The van der Waals surface area contributed by atoms with Gasteiger partial charge in [-0.3, -0.25) is 4.79 Å². The molecule has 0 spiro atoms. The molecule has 1 fully saturated rings. The summed E-state index contributed by atoms with van der Waals surface area (Å²) in [4.78, 5) is 14.0. The quantitative estimate of drug-likeness (QED) is 0.906. The van der Waals surface area contributed by atoms with Gasteiger partial charge in [-0.05, 0) is 37.0 Å². The van der Waals surface area contributed by atoms with Crippen molar-refractivity contribution in [1.29, 1.82) is 0 Å². The first-order valence-electron chi connectivity index (χ1n) is 7.68. The molecule has 0 saturated heterocycles. The molecule has 1 amide bonds. The molecular formula is C17H25NO3. The Balaban J connectivity index is 1.88. The lowest BCUT2D eigenvalue weighted by molar-refractivity contribution is -0.135. The summed E-state index contributed by atoms with van der Waals surface area (Å²) >= 11 is 0. The number of hydrogen-bond acceptors (Lipinski definition) is 3. The summed E-state index contributed by atoms with van der Waals surface area (Å²) in [6, 6.07) is 7.79. The second-order valence-corrected chi connectivity index (χ2v) is 5.78. The van der Waals surface area contributed by atoms with Crippen molar-refractivity contribution in [1.82, 2.24) is 4.90 Å². The highest BCUT2D eigenvalue weighted by atomic mass is 16.5. The zero-order chi connectivity index (χ0) is 15.2. The molecule has 0 aliphatic heterocycles. The number of carbonyl (C=O) groups excluding carboxylic acids is 1. The smallest absolute Gasteiger partial charge is 0.222 e. The average molecular weight is 291 g/mol. The van der Waals surface area contributed by atoms with Gasteiger partial charge < -0.3 is 14.7 Å². The molecule has 1 aliphatic carbocycles. The van der Waals surface area contributed by atoms with E-state index in [1.165, 1.54) is 0 Å². The lowest BCUT2D eigenvalue weighted by atomic mass is 9.91. The number of rotatable bonds is 5. The number of hydrogen-bond donors (Lipinski definition) is 1. The predicted molar refractivity (Wildman–Crippen MR) is 82.3 cm³/mol. The van der Waals surface area contributed by atoms with Crippen LogP contribution in [0.4, 0.5) is 0 Å². The van der Waals surface area contributed by atoms with Crippen LogP contribution in [0, 0.1) is 0 Å². The molecule has 2 unspecified atom stereocenters. The summed E-state index contributed by atoms with van der Waals surface area (Å²) < 4.78 is 5.19. The number of amides is 1. The van der Waals surface area contributed by atoms with Crippen molar-refractivity contribution in [2.45, 2.75) is 50.7 Å². The Kier molecular flexibility index (Phi) is 5.62. The van der Waals surface area contributed by atoms with Gasteiger partial charge in [0.05, 0.1) is 19.3 Å². The summed E-state index contributed by atoms with van der Waals surface area (Å²) in [6.45, 7) is 0. The van der Waals surface area contributed by atoms with Crippen LogP contribution in [0.25, 0.3) is 0 Å². The van der Waals surface area contributed by atoms with E-state index in [-0.39, 0.29) is 18.1 Å². The summed E-state index contributed by atoms with van der Waals surface area (Å²) in [6.07, 6.45) is 4.65. The Morgan fingerprint density at radius 1 is 1.38 bits per heavy atom. The van der Waals surface area contributed by atoms with Gasteiger partial charge in [-0.25, -0.2) is 0 Å². The molecule has 1 saturated carbocycles. The molecule has 1 aromatic carbocycles. The highest BCUT2D eigenvalue weighted by molar-refractivity contribution is 5.76. The molecular weight excluding hydrogens is 266 g/mol. The second kappa shape index (κ2) is 7.46. The molecule has 0 aromatic heterocycles. The number of aliphatic hydroxyl groups is 1. The molecule has 2 rings (SSSR count). The van der Waals surface area contributed by atoms with Crippen LogP contribution in [-0.4, -0.2) is 42.2 Å². The Morgan fingerprint density at radius 3 is 2.86 bits per heavy atom. The Morgan fingerprint density at radius 2 is 2.14 bits per heavy atom. The number of likely N-dealkylation sites (N-methyl/N-ethyl adjacent to an activating group) is 1. The molecule has 4 nitrogen and oxygen atoms in total. The van der Waals surface area contributed by atoms with E-state index in [0.717, 1.165) is 37.0 Å². The fourth-order valence-corrected chi connectivity index (χ4v) is 2.98. The number of nitrogens with zero attached hydrogens (tertiary/aromatic N) is 1. The number of carbonyl (C=O) groups is 1. The van der Waals surface area contributed by atoms with E-state index in [1.54, 1.807) is 12.0 Å². The number of benzene rings is 1. The molecule has 1 N–H and O–H groups in total. The van der Waals surface area contributed by atoms with Gasteiger partial charge in [0.1, 0.15) is 5.75 Å². The Bertz CT molecular complexity index is 475. The van der Waals surface area contributed by atoms with Gasteiger partial charge >= 0.3 is 0 Å². The van der Waals surface area contributed by atoms with Crippen LogP contribution in [0.2, 0.25) is 0 Å². The third kappa shape index (κ3) is 4.21. The number of methoxy groups -OCH3 is 1. The zero-order valence-electron chi connectivity index (χ0n) is 12.9. The maximum Gasteiger partial charge on any atom is 0.222 e. The predicted octanol–water partition coefficient (Wildman–Crippen LogP) is 2.39. The lowest BCUT2D eigenvalue weighted by Gasteiger charge is -2.35. The normalized spacial score (nSPS) is 21.9. The van der Waals surface area contributed by atoms with Gasteiger partial charge in [-0.2, -0.15) is 0 Å². The maximum atomic E-state index is 12.3. The van der Waals surface area contributed by atoms with E-state index in [2.05, 4.69) is 0 Å². The first kappa shape index (κ1) is 15.8. The van der Waals surface area contributed by atoms with Gasteiger partial charge in [-0.1, -0.05) is 25.0 Å². The number of aliphatic hydroxyl groups excluding tert-OH is 1. The first-order valence-corrected chi connectivity index (χ1v) is 7.68. The van der Waals surface area contributed by atoms with Crippen LogP contribution in [-0.2, 0) is 11.2 Å². The summed E-state index contributed by atoms with van der Waals surface area (Å²) in [5.41, 5.74) is 1.10. The molecule has 21 heavy (non-hydrogen) atoms. The van der Waals surface area contributed by atoms with Crippen molar-refractivity contribution in [2.24, 2.45) is 0 Å². The van der Waals surface area contributed by atoms with E-state index in [0.29, 0.717) is 12.8 Å². The minimum Gasteiger partial charge on any atom is -0.497 e. The van der Waals surface area contributed by atoms with E-state index >= 15 is 0 Å². The first-order chi connectivity index (χ1) is 10.1. The Hall–Kier alpha value is -1.55. The van der Waals surface area contributed by atoms with Crippen molar-refractivity contribution in [3.63, 3.8) is 0 Å². The van der Waals surface area contributed by atoms with Crippen molar-refractivity contribution in [3.05, 3.63) is 29.8 Å². The average Bonchev–Trinajstić information content (AvgIpc) is 2.52. The third-order valence-electron chi connectivity index (χ3n) is 4.35. The largest absolute Gasteiger partial charge is 0.497 e. The molecule has 2 atom stereocenters. The van der Waals surface area contributed by atoms with E-state index in [1.807, 2.05) is 31.3 Å². The maximum absolute atomic E-state index is 12.3. The van der Waals surface area contributed by atoms with Crippen LogP contribution < -0.4 is 4.74 Å².